The fourth-order valence-corrected chi connectivity index (χ4v) is 2.87. The molecule has 9 heteroatoms. The maximum atomic E-state index is 13.5. The van der Waals surface area contributed by atoms with E-state index >= 15 is 0 Å². The Kier molecular flexibility index (Phi) is 4.86. The molecule has 2 N–H and O–H groups in total. The minimum atomic E-state index is -0.651. The van der Waals surface area contributed by atoms with Gasteiger partial charge in [0.1, 0.15) is 23.0 Å². The Morgan fingerprint density at radius 3 is 2.66 bits per heavy atom. The zero-order valence-corrected chi connectivity index (χ0v) is 15.3. The molecule has 1 amide bonds. The molecule has 7 nitrogen and oxygen atoms in total. The van der Waals surface area contributed by atoms with Crippen LogP contribution < -0.4 is 10.6 Å². The Morgan fingerprint density at radius 2 is 1.93 bits per heavy atom. The number of rotatable bonds is 5. The van der Waals surface area contributed by atoms with Crippen LogP contribution in [0.1, 0.15) is 28.9 Å². The molecular formula is C20H16F2N6O. The second-order valence-corrected chi connectivity index (χ2v) is 6.40. The number of hydrogen-bond acceptors (Lipinski definition) is 5. The van der Waals surface area contributed by atoms with Gasteiger partial charge in [0.2, 0.25) is 0 Å². The fraction of sp³-hybridized carbons (Fsp3) is 0.100. The van der Waals surface area contributed by atoms with Crippen LogP contribution in [0.3, 0.4) is 0 Å². The van der Waals surface area contributed by atoms with Crippen molar-refractivity contribution < 1.29 is 13.6 Å². The summed E-state index contributed by atoms with van der Waals surface area (Å²) in [4.78, 5) is 21.0. The maximum absolute atomic E-state index is 13.5. The lowest BCUT2D eigenvalue weighted by molar-refractivity contribution is 0.102. The zero-order valence-electron chi connectivity index (χ0n) is 15.3. The van der Waals surface area contributed by atoms with Gasteiger partial charge < -0.3 is 10.6 Å². The molecule has 0 aliphatic carbocycles. The predicted octanol–water partition coefficient (Wildman–Crippen LogP) is 3.83. The average Bonchev–Trinajstić information content (AvgIpc) is 3.11. The van der Waals surface area contributed by atoms with Crippen molar-refractivity contribution in [3.8, 4) is 0 Å². The first kappa shape index (κ1) is 18.5. The van der Waals surface area contributed by atoms with Crippen molar-refractivity contribution in [3.63, 3.8) is 0 Å². The van der Waals surface area contributed by atoms with E-state index in [1.165, 1.54) is 29.0 Å². The second kappa shape index (κ2) is 7.63. The van der Waals surface area contributed by atoms with E-state index in [9.17, 15) is 13.6 Å². The third-order valence-electron chi connectivity index (χ3n) is 4.28. The van der Waals surface area contributed by atoms with Gasteiger partial charge in [-0.3, -0.25) is 9.78 Å². The van der Waals surface area contributed by atoms with Crippen molar-refractivity contribution in [2.24, 2.45) is 0 Å². The molecule has 1 aromatic carbocycles. The molecule has 0 fully saturated rings. The number of carbonyl (C=O) groups is 1. The van der Waals surface area contributed by atoms with Gasteiger partial charge >= 0.3 is 0 Å². The molecule has 3 aromatic heterocycles. The molecule has 0 saturated carbocycles. The highest BCUT2D eigenvalue weighted by Crippen LogP contribution is 2.21. The number of fused-ring (bicyclic) bond motifs is 1. The van der Waals surface area contributed by atoms with Crippen molar-refractivity contribution in [2.45, 2.75) is 13.0 Å². The number of hydrogen-bond donors (Lipinski definition) is 2. The first-order valence-corrected chi connectivity index (χ1v) is 8.78. The molecular weight excluding hydrogens is 378 g/mol. The first-order valence-electron chi connectivity index (χ1n) is 8.78. The van der Waals surface area contributed by atoms with Crippen molar-refractivity contribution in [2.75, 3.05) is 10.6 Å². The summed E-state index contributed by atoms with van der Waals surface area (Å²) in [5.41, 5.74) is 1.61. The van der Waals surface area contributed by atoms with Crippen LogP contribution in [-0.2, 0) is 0 Å². The highest BCUT2D eigenvalue weighted by Gasteiger charge is 2.16. The van der Waals surface area contributed by atoms with Crippen LogP contribution in [0.25, 0.3) is 5.65 Å². The van der Waals surface area contributed by atoms with Crippen LogP contribution in [0.5, 0.6) is 0 Å². The standard InChI is InChI=1S/C20H16F2N6O/c1-12(13-7-14(21)9-15(22)8-13)25-18-4-6-28-19(27-18)17(11-24-28)20(29)26-16-3-2-5-23-10-16/h2-12H,1H3,(H,25,27)(H,26,29)/t12-/m1/s1. The summed E-state index contributed by atoms with van der Waals surface area (Å²) in [6.07, 6.45) is 6.20. The molecule has 3 heterocycles. The summed E-state index contributed by atoms with van der Waals surface area (Å²) in [6, 6.07) is 8.01. The van der Waals surface area contributed by atoms with E-state index in [1.807, 2.05) is 0 Å². The van der Waals surface area contributed by atoms with Crippen molar-refractivity contribution in [3.05, 3.63) is 83.9 Å². The Hall–Kier alpha value is -3.88. The molecule has 0 radical (unpaired) electrons. The van der Waals surface area contributed by atoms with E-state index in [0.29, 0.717) is 22.7 Å². The summed E-state index contributed by atoms with van der Waals surface area (Å²) in [5.74, 6) is -1.24. The number of nitrogens with one attached hydrogen (secondary N) is 2. The fourth-order valence-electron chi connectivity index (χ4n) is 2.87. The lowest BCUT2D eigenvalue weighted by atomic mass is 10.1. The van der Waals surface area contributed by atoms with Crippen LogP contribution in [-0.4, -0.2) is 25.5 Å². The SMILES string of the molecule is C[C@@H](Nc1ccn2ncc(C(=O)Nc3cccnc3)c2n1)c1cc(F)cc(F)c1. The van der Waals surface area contributed by atoms with Gasteiger partial charge in [-0.15, -0.1) is 0 Å². The van der Waals surface area contributed by atoms with Gasteiger partial charge in [0.05, 0.1) is 24.1 Å². The molecule has 0 bridgehead atoms. The van der Waals surface area contributed by atoms with E-state index in [4.69, 9.17) is 0 Å². The number of anilines is 2. The molecule has 4 aromatic rings. The minimum Gasteiger partial charge on any atom is -0.363 e. The van der Waals surface area contributed by atoms with Crippen LogP contribution in [0.2, 0.25) is 0 Å². The molecule has 4 rings (SSSR count). The van der Waals surface area contributed by atoms with E-state index in [1.54, 1.807) is 37.5 Å². The highest BCUT2D eigenvalue weighted by atomic mass is 19.1. The Bertz CT molecular complexity index is 1160. The molecule has 146 valence electrons. The summed E-state index contributed by atoms with van der Waals surface area (Å²) in [5, 5.41) is 9.95. The quantitative estimate of drug-likeness (QED) is 0.538. The highest BCUT2D eigenvalue weighted by molar-refractivity contribution is 6.08. The van der Waals surface area contributed by atoms with Gasteiger partial charge in [0.15, 0.2) is 5.65 Å². The minimum absolute atomic E-state index is 0.280. The molecule has 0 aliphatic rings. The molecule has 29 heavy (non-hydrogen) atoms. The number of pyridine rings is 1. The van der Waals surface area contributed by atoms with Gasteiger partial charge in [-0.2, -0.15) is 5.10 Å². The molecule has 0 aliphatic heterocycles. The number of carbonyl (C=O) groups excluding carboxylic acids is 1. The molecule has 0 saturated heterocycles. The molecule has 0 unspecified atom stereocenters. The third kappa shape index (κ3) is 4.03. The van der Waals surface area contributed by atoms with Crippen LogP contribution >= 0.6 is 0 Å². The van der Waals surface area contributed by atoms with Crippen molar-refractivity contribution in [1.82, 2.24) is 19.6 Å². The van der Waals surface area contributed by atoms with Crippen LogP contribution in [0.4, 0.5) is 20.3 Å². The second-order valence-electron chi connectivity index (χ2n) is 6.40. The van der Waals surface area contributed by atoms with Gasteiger partial charge in [0, 0.05) is 18.5 Å². The zero-order chi connectivity index (χ0) is 20.4. The van der Waals surface area contributed by atoms with E-state index < -0.39 is 17.7 Å². The normalized spacial score (nSPS) is 12.0. The third-order valence-corrected chi connectivity index (χ3v) is 4.28. The van der Waals surface area contributed by atoms with Crippen LogP contribution in [0.15, 0.2) is 61.2 Å². The van der Waals surface area contributed by atoms with Crippen LogP contribution in [0, 0.1) is 11.6 Å². The van der Waals surface area contributed by atoms with E-state index in [0.717, 1.165) is 6.07 Å². The van der Waals surface area contributed by atoms with E-state index in [2.05, 4.69) is 25.7 Å². The maximum Gasteiger partial charge on any atom is 0.261 e. The molecule has 0 spiro atoms. The van der Waals surface area contributed by atoms with Gasteiger partial charge in [-0.05, 0) is 42.8 Å². The largest absolute Gasteiger partial charge is 0.363 e. The topological polar surface area (TPSA) is 84.2 Å². The lowest BCUT2D eigenvalue weighted by Crippen LogP contribution is -2.13. The Labute approximate surface area is 164 Å². The predicted molar refractivity (Wildman–Crippen MR) is 104 cm³/mol. The number of amides is 1. The lowest BCUT2D eigenvalue weighted by Gasteiger charge is -2.15. The summed E-state index contributed by atoms with van der Waals surface area (Å²) >= 11 is 0. The summed E-state index contributed by atoms with van der Waals surface area (Å²) < 4.78 is 28.4. The number of halogens is 2. The number of nitrogens with zero attached hydrogens (tertiary/aromatic N) is 4. The van der Waals surface area contributed by atoms with Crippen molar-refractivity contribution >= 4 is 23.1 Å². The number of benzene rings is 1. The van der Waals surface area contributed by atoms with Gasteiger partial charge in [0.25, 0.3) is 5.91 Å². The van der Waals surface area contributed by atoms with Crippen molar-refractivity contribution in [1.29, 1.82) is 0 Å². The summed E-state index contributed by atoms with van der Waals surface area (Å²) in [7, 11) is 0. The smallest absolute Gasteiger partial charge is 0.261 e. The Balaban J connectivity index is 1.58. The number of aromatic nitrogens is 4. The average molecular weight is 394 g/mol. The monoisotopic (exact) mass is 394 g/mol. The van der Waals surface area contributed by atoms with E-state index in [-0.39, 0.29) is 11.5 Å². The van der Waals surface area contributed by atoms with Gasteiger partial charge in [-0.25, -0.2) is 18.3 Å². The summed E-state index contributed by atoms with van der Waals surface area (Å²) in [6.45, 7) is 1.76. The Morgan fingerprint density at radius 1 is 1.14 bits per heavy atom. The first-order chi connectivity index (χ1) is 14.0. The van der Waals surface area contributed by atoms with Gasteiger partial charge in [-0.1, -0.05) is 0 Å². The molecule has 1 atom stereocenters.